The van der Waals surface area contributed by atoms with E-state index in [-0.39, 0.29) is 16.5 Å². The molecule has 0 aromatic carbocycles. The van der Waals surface area contributed by atoms with E-state index >= 15 is 0 Å². The lowest BCUT2D eigenvalue weighted by Crippen LogP contribution is -2.37. The van der Waals surface area contributed by atoms with Crippen molar-refractivity contribution in [2.24, 2.45) is 5.92 Å². The van der Waals surface area contributed by atoms with Crippen molar-refractivity contribution in [1.29, 1.82) is 0 Å². The highest BCUT2D eigenvalue weighted by Crippen LogP contribution is 2.61. The summed E-state index contributed by atoms with van der Waals surface area (Å²) in [7, 11) is 0. The van der Waals surface area contributed by atoms with Gasteiger partial charge in [0, 0.05) is 18.3 Å². The lowest BCUT2D eigenvalue weighted by molar-refractivity contribution is -0.138. The summed E-state index contributed by atoms with van der Waals surface area (Å²) in [6, 6.07) is 1.72. The Hall–Kier alpha value is -3.15. The zero-order valence-electron chi connectivity index (χ0n) is 17.3. The molecule has 2 atom stereocenters. The summed E-state index contributed by atoms with van der Waals surface area (Å²) in [6.07, 6.45) is 2.06. The van der Waals surface area contributed by atoms with Gasteiger partial charge < -0.3 is 4.90 Å². The second-order valence-electron chi connectivity index (χ2n) is 8.03. The van der Waals surface area contributed by atoms with Crippen LogP contribution in [0.5, 0.6) is 0 Å². The number of rotatable bonds is 5. The Morgan fingerprint density at radius 1 is 1.27 bits per heavy atom. The molecule has 1 saturated heterocycles. The number of nitrogens with zero attached hydrogens (tertiary/aromatic N) is 6. The Morgan fingerprint density at radius 3 is 2.73 bits per heavy atom. The van der Waals surface area contributed by atoms with Crippen LogP contribution in [0.3, 0.4) is 0 Å². The fourth-order valence-electron chi connectivity index (χ4n) is 4.43. The van der Waals surface area contributed by atoms with E-state index < -0.39 is 28.4 Å². The van der Waals surface area contributed by atoms with Crippen molar-refractivity contribution in [1.82, 2.24) is 24.8 Å². The van der Waals surface area contributed by atoms with Crippen molar-refractivity contribution in [3.05, 3.63) is 59.4 Å². The van der Waals surface area contributed by atoms with Gasteiger partial charge in [-0.2, -0.15) is 18.3 Å². The summed E-state index contributed by atoms with van der Waals surface area (Å²) in [4.78, 5) is 6.59. The van der Waals surface area contributed by atoms with Crippen LogP contribution < -0.4 is 4.90 Å². The average Bonchev–Trinajstić information content (AvgIpc) is 3.13. The molecule has 0 radical (unpaired) electrons. The number of fused-ring (bicyclic) bond motifs is 2. The van der Waals surface area contributed by atoms with Gasteiger partial charge in [0.2, 0.25) is 5.01 Å². The summed E-state index contributed by atoms with van der Waals surface area (Å²) in [5.41, 5.74) is 0.237. The molecule has 3 aromatic heterocycles. The van der Waals surface area contributed by atoms with E-state index in [4.69, 9.17) is 0 Å². The van der Waals surface area contributed by atoms with Gasteiger partial charge in [-0.05, 0) is 43.9 Å². The molecule has 0 unspecified atom stereocenters. The van der Waals surface area contributed by atoms with E-state index in [1.807, 2.05) is 4.90 Å². The fraction of sp³-hybridized carbons (Fsp3) is 0.333. The van der Waals surface area contributed by atoms with Gasteiger partial charge >= 0.3 is 6.18 Å². The molecule has 1 aliphatic carbocycles. The minimum absolute atomic E-state index is 0.0502. The maximum absolute atomic E-state index is 14.7. The number of piperidine rings is 1. The van der Waals surface area contributed by atoms with Crippen molar-refractivity contribution in [2.45, 2.75) is 31.5 Å². The van der Waals surface area contributed by atoms with E-state index in [9.17, 15) is 22.0 Å². The van der Waals surface area contributed by atoms with Crippen molar-refractivity contribution >= 4 is 22.8 Å². The Bertz CT molecular complexity index is 1320. The highest BCUT2D eigenvalue weighted by Gasteiger charge is 2.64. The van der Waals surface area contributed by atoms with E-state index in [1.165, 1.54) is 17.6 Å². The van der Waals surface area contributed by atoms with Gasteiger partial charge in [-0.3, -0.25) is 0 Å². The summed E-state index contributed by atoms with van der Waals surface area (Å²) in [5, 5.41) is 10.0. The van der Waals surface area contributed by atoms with Crippen LogP contribution in [-0.4, -0.2) is 36.9 Å². The SMILES string of the molecule is C=C(/C(F)=C\C=C(/C)F)[C@@]12C[C@@H]1CCN2c1ccn2ncc(-c3nnc(C(F)(F)F)s3)c2n1. The molecule has 172 valence electrons. The van der Waals surface area contributed by atoms with Crippen LogP contribution in [0.2, 0.25) is 0 Å². The lowest BCUT2D eigenvalue weighted by atomic mass is 10.0. The normalized spacial score (nSPS) is 23.3. The quantitative estimate of drug-likeness (QED) is 0.356. The van der Waals surface area contributed by atoms with Crippen LogP contribution in [0.15, 0.2) is 54.4 Å². The zero-order chi connectivity index (χ0) is 23.5. The monoisotopic (exact) mass is 480 g/mol. The van der Waals surface area contributed by atoms with Crippen LogP contribution in [0.4, 0.5) is 27.8 Å². The minimum atomic E-state index is -4.59. The van der Waals surface area contributed by atoms with Gasteiger partial charge in [-0.25, -0.2) is 18.3 Å². The van der Waals surface area contributed by atoms with Crippen molar-refractivity contribution in [2.75, 3.05) is 11.4 Å². The minimum Gasteiger partial charge on any atom is -0.346 e. The van der Waals surface area contributed by atoms with E-state index in [0.29, 0.717) is 41.3 Å². The summed E-state index contributed by atoms with van der Waals surface area (Å²) in [6.45, 7) is 5.78. The van der Waals surface area contributed by atoms with Crippen LogP contribution in [0, 0.1) is 5.92 Å². The summed E-state index contributed by atoms with van der Waals surface area (Å²) >= 11 is 0.414. The van der Waals surface area contributed by atoms with E-state index in [2.05, 4.69) is 26.9 Å². The Kier molecular flexibility index (Phi) is 4.89. The smallest absolute Gasteiger partial charge is 0.346 e. The first-order chi connectivity index (χ1) is 15.6. The average molecular weight is 480 g/mol. The first-order valence-corrected chi connectivity index (χ1v) is 10.9. The Balaban J connectivity index is 1.51. The molecular weight excluding hydrogens is 463 g/mol. The maximum Gasteiger partial charge on any atom is 0.445 e. The number of hydrogen-bond donors (Lipinski definition) is 0. The molecule has 0 bridgehead atoms. The molecule has 0 amide bonds. The number of anilines is 1. The predicted molar refractivity (Wildman–Crippen MR) is 113 cm³/mol. The highest BCUT2D eigenvalue weighted by molar-refractivity contribution is 7.14. The first kappa shape index (κ1) is 21.7. The number of allylic oxidation sites excluding steroid dienone is 3. The lowest BCUT2D eigenvalue weighted by Gasteiger charge is -2.30. The molecule has 1 aliphatic heterocycles. The fourth-order valence-corrected chi connectivity index (χ4v) is 5.14. The number of halogens is 5. The topological polar surface area (TPSA) is 59.2 Å². The first-order valence-electron chi connectivity index (χ1n) is 10.0. The Morgan fingerprint density at radius 2 is 2.06 bits per heavy atom. The second-order valence-corrected chi connectivity index (χ2v) is 9.01. The van der Waals surface area contributed by atoms with Gasteiger partial charge in [-0.15, -0.1) is 10.2 Å². The van der Waals surface area contributed by atoms with Gasteiger partial charge in [0.25, 0.3) is 0 Å². The van der Waals surface area contributed by atoms with Gasteiger partial charge in [0.15, 0.2) is 10.7 Å². The third-order valence-electron chi connectivity index (χ3n) is 6.05. The van der Waals surface area contributed by atoms with Crippen molar-refractivity contribution in [3.63, 3.8) is 0 Å². The number of aromatic nitrogens is 5. The highest BCUT2D eigenvalue weighted by atomic mass is 32.1. The molecule has 2 fully saturated rings. The molecule has 5 rings (SSSR count). The molecule has 0 N–H and O–H groups in total. The molecule has 33 heavy (non-hydrogen) atoms. The largest absolute Gasteiger partial charge is 0.445 e. The van der Waals surface area contributed by atoms with Gasteiger partial charge in [0.05, 0.1) is 23.1 Å². The van der Waals surface area contributed by atoms with Crippen molar-refractivity contribution < 1.29 is 22.0 Å². The molecule has 12 heteroatoms. The molecule has 3 aromatic rings. The molecular formula is C21H17F5N6S. The summed E-state index contributed by atoms with van der Waals surface area (Å²) < 4.78 is 68.1. The maximum atomic E-state index is 14.7. The standard InChI is InChI=1S/C21H17F5N6S/c1-11(22)3-4-15(23)12(2)20-9-13(20)5-7-31(20)16-6-8-32-17(28-16)14(10-27-32)18-29-30-19(33-18)21(24,25)26/h3-4,6,8,10,13H,2,5,7,9H2,1H3/b11-3+,15-4+/t13-,20-/m0/s1. The number of hydrogen-bond acceptors (Lipinski definition) is 6. The molecule has 1 saturated carbocycles. The Labute approximate surface area is 188 Å². The van der Waals surface area contributed by atoms with Crippen LogP contribution in [0.25, 0.3) is 16.2 Å². The van der Waals surface area contributed by atoms with E-state index in [0.717, 1.165) is 18.6 Å². The number of alkyl halides is 3. The molecule has 4 heterocycles. The van der Waals surface area contributed by atoms with Gasteiger partial charge in [-0.1, -0.05) is 17.9 Å². The second kappa shape index (κ2) is 7.44. The van der Waals surface area contributed by atoms with E-state index in [1.54, 1.807) is 12.3 Å². The van der Waals surface area contributed by atoms with Crippen LogP contribution in [-0.2, 0) is 6.18 Å². The van der Waals surface area contributed by atoms with Gasteiger partial charge in [0.1, 0.15) is 11.6 Å². The predicted octanol–water partition coefficient (Wildman–Crippen LogP) is 5.52. The molecule has 2 aliphatic rings. The third-order valence-corrected chi connectivity index (χ3v) is 7.06. The van der Waals surface area contributed by atoms with Crippen LogP contribution >= 0.6 is 11.3 Å². The molecule has 0 spiro atoms. The molecule has 6 nitrogen and oxygen atoms in total. The van der Waals surface area contributed by atoms with Crippen molar-refractivity contribution in [3.8, 4) is 10.6 Å². The van der Waals surface area contributed by atoms with Crippen LogP contribution in [0.1, 0.15) is 24.8 Å². The zero-order valence-corrected chi connectivity index (χ0v) is 18.1. The third kappa shape index (κ3) is 3.52. The summed E-state index contributed by atoms with van der Waals surface area (Å²) in [5.74, 6) is -0.395.